The lowest BCUT2D eigenvalue weighted by Gasteiger charge is -2.32. The second-order valence-electron chi connectivity index (χ2n) is 8.44. The first-order valence-electron chi connectivity index (χ1n) is 11.1. The summed E-state index contributed by atoms with van der Waals surface area (Å²) in [5, 5.41) is 5.30. The fourth-order valence-corrected chi connectivity index (χ4v) is 6.64. The SMILES string of the molecule is CCOC(=O)C1=C2C[C@H](NS(=O)(=O)C3CC3)CN2C(Nc2nccs2)=N[C@H]1c1ccc(F)cc1Cl. The molecule has 3 aliphatic rings. The molecule has 1 aromatic carbocycles. The van der Waals surface area contributed by atoms with Crippen molar-refractivity contribution in [3.8, 4) is 0 Å². The Bertz CT molecular complexity index is 1310. The standard InChI is InChI=1S/C22H23ClFN5O4S2/c1-2-33-20(30)18-17-10-13(28-35(31,32)14-4-5-14)11-29(17)21(27-22-25-7-8-34-22)26-19(18)15-6-3-12(24)9-16(15)23/h3,6-9,13-14,19,28H,2,4-5,10-11H2,1H3,(H,25,26,27)/t13-,19-/m0/s1. The Morgan fingerprint density at radius 1 is 1.37 bits per heavy atom. The number of aliphatic imine (C=N–C) groups is 1. The number of nitrogens with zero attached hydrogens (tertiary/aromatic N) is 3. The van der Waals surface area contributed by atoms with Gasteiger partial charge in [-0.25, -0.2) is 32.3 Å². The predicted octanol–water partition coefficient (Wildman–Crippen LogP) is 3.43. The highest BCUT2D eigenvalue weighted by atomic mass is 35.5. The number of fused-ring (bicyclic) bond motifs is 1. The van der Waals surface area contributed by atoms with Gasteiger partial charge in [0.25, 0.3) is 0 Å². The minimum atomic E-state index is -3.45. The van der Waals surface area contributed by atoms with Crippen molar-refractivity contribution < 1.29 is 22.3 Å². The number of sulfonamides is 1. The summed E-state index contributed by atoms with van der Waals surface area (Å²) in [6.07, 6.45) is 3.19. The third-order valence-corrected chi connectivity index (χ3v) is 8.98. The molecule has 186 valence electrons. The molecule has 1 saturated carbocycles. The van der Waals surface area contributed by atoms with E-state index in [9.17, 15) is 17.6 Å². The number of carbonyl (C=O) groups is 1. The zero-order chi connectivity index (χ0) is 24.7. The van der Waals surface area contributed by atoms with Crippen LogP contribution in [0.5, 0.6) is 0 Å². The molecule has 13 heteroatoms. The lowest BCUT2D eigenvalue weighted by molar-refractivity contribution is -0.139. The van der Waals surface area contributed by atoms with Crippen LogP contribution in [0.2, 0.25) is 5.02 Å². The smallest absolute Gasteiger partial charge is 0.338 e. The Labute approximate surface area is 211 Å². The van der Waals surface area contributed by atoms with E-state index in [4.69, 9.17) is 21.3 Å². The third-order valence-electron chi connectivity index (χ3n) is 5.96. The van der Waals surface area contributed by atoms with E-state index in [0.717, 1.165) is 0 Å². The van der Waals surface area contributed by atoms with E-state index in [2.05, 4.69) is 15.0 Å². The van der Waals surface area contributed by atoms with E-state index in [1.54, 1.807) is 23.4 Å². The lowest BCUT2D eigenvalue weighted by Crippen LogP contribution is -2.42. The van der Waals surface area contributed by atoms with Crippen LogP contribution in [-0.4, -0.2) is 54.7 Å². The topological polar surface area (TPSA) is 113 Å². The highest BCUT2D eigenvalue weighted by Crippen LogP contribution is 2.42. The highest BCUT2D eigenvalue weighted by Gasteiger charge is 2.44. The average Bonchev–Trinajstić information content (AvgIpc) is 3.40. The number of halogens is 2. The minimum Gasteiger partial charge on any atom is -0.463 e. The number of rotatable bonds is 7. The fraction of sp³-hybridized carbons (Fsp3) is 0.409. The van der Waals surface area contributed by atoms with E-state index >= 15 is 0 Å². The average molecular weight is 540 g/mol. The maximum Gasteiger partial charge on any atom is 0.338 e. The summed E-state index contributed by atoms with van der Waals surface area (Å²) in [7, 11) is -3.45. The summed E-state index contributed by atoms with van der Waals surface area (Å²) in [5.41, 5.74) is 1.26. The Hall–Kier alpha value is -2.54. The van der Waals surface area contributed by atoms with Crippen molar-refractivity contribution in [2.24, 2.45) is 4.99 Å². The van der Waals surface area contributed by atoms with Crippen molar-refractivity contribution in [3.63, 3.8) is 0 Å². The molecule has 9 nitrogen and oxygen atoms in total. The maximum atomic E-state index is 13.8. The van der Waals surface area contributed by atoms with Crippen molar-refractivity contribution in [2.75, 3.05) is 18.5 Å². The molecular weight excluding hydrogens is 517 g/mol. The van der Waals surface area contributed by atoms with Crippen LogP contribution in [0, 0.1) is 5.82 Å². The molecule has 3 heterocycles. The monoisotopic (exact) mass is 539 g/mol. The Balaban J connectivity index is 1.59. The lowest BCUT2D eigenvalue weighted by atomic mass is 9.95. The van der Waals surface area contributed by atoms with Crippen LogP contribution in [0.3, 0.4) is 0 Å². The van der Waals surface area contributed by atoms with Gasteiger partial charge in [-0.2, -0.15) is 0 Å². The van der Waals surface area contributed by atoms with Gasteiger partial charge in [-0.3, -0.25) is 0 Å². The van der Waals surface area contributed by atoms with Gasteiger partial charge in [0.05, 0.1) is 17.4 Å². The number of thiazole rings is 1. The molecule has 2 atom stereocenters. The van der Waals surface area contributed by atoms with Crippen LogP contribution in [-0.2, 0) is 19.6 Å². The molecule has 2 aromatic rings. The van der Waals surface area contributed by atoms with Gasteiger partial charge in [0.2, 0.25) is 16.0 Å². The summed E-state index contributed by atoms with van der Waals surface area (Å²) >= 11 is 7.75. The Morgan fingerprint density at radius 3 is 2.83 bits per heavy atom. The fourth-order valence-electron chi connectivity index (χ4n) is 4.28. The summed E-state index contributed by atoms with van der Waals surface area (Å²) in [4.78, 5) is 24.0. The molecule has 0 unspecified atom stereocenters. The van der Waals surface area contributed by atoms with Crippen LogP contribution < -0.4 is 10.0 Å². The quantitative estimate of drug-likeness (QED) is 0.518. The number of carbonyl (C=O) groups excluding carboxylic acids is 1. The molecule has 35 heavy (non-hydrogen) atoms. The molecule has 1 aromatic heterocycles. The Kier molecular flexibility index (Phi) is 6.55. The molecule has 2 aliphatic heterocycles. The predicted molar refractivity (Wildman–Crippen MR) is 131 cm³/mol. The zero-order valence-electron chi connectivity index (χ0n) is 18.7. The van der Waals surface area contributed by atoms with Crippen molar-refractivity contribution in [2.45, 2.75) is 43.5 Å². The van der Waals surface area contributed by atoms with Crippen LogP contribution in [0.15, 0.2) is 46.0 Å². The van der Waals surface area contributed by atoms with Gasteiger partial charge in [-0.05, 0) is 31.9 Å². The van der Waals surface area contributed by atoms with Gasteiger partial charge in [-0.15, -0.1) is 11.3 Å². The molecule has 0 bridgehead atoms. The van der Waals surface area contributed by atoms with Crippen LogP contribution in [0.1, 0.15) is 37.8 Å². The number of guanidine groups is 1. The highest BCUT2D eigenvalue weighted by molar-refractivity contribution is 7.90. The summed E-state index contributed by atoms with van der Waals surface area (Å²) in [6.45, 7) is 2.11. The number of anilines is 1. The van der Waals surface area contributed by atoms with E-state index in [0.29, 0.717) is 35.2 Å². The number of esters is 1. The number of hydrogen-bond acceptors (Lipinski definition) is 9. The van der Waals surface area contributed by atoms with Gasteiger partial charge >= 0.3 is 5.97 Å². The van der Waals surface area contributed by atoms with Crippen molar-refractivity contribution in [3.05, 3.63) is 57.4 Å². The van der Waals surface area contributed by atoms with E-state index in [-0.39, 0.29) is 35.4 Å². The molecule has 2 fully saturated rings. The normalized spacial score (nSPS) is 22.1. The van der Waals surface area contributed by atoms with Crippen LogP contribution in [0.4, 0.5) is 9.52 Å². The van der Waals surface area contributed by atoms with Gasteiger partial charge in [0, 0.05) is 46.9 Å². The van der Waals surface area contributed by atoms with Gasteiger partial charge in [0.1, 0.15) is 11.9 Å². The van der Waals surface area contributed by atoms with Crippen molar-refractivity contribution in [1.29, 1.82) is 0 Å². The van der Waals surface area contributed by atoms with E-state index < -0.39 is 33.9 Å². The first-order chi connectivity index (χ1) is 16.8. The summed E-state index contributed by atoms with van der Waals surface area (Å²) in [6, 6.07) is 2.57. The molecule has 0 amide bonds. The van der Waals surface area contributed by atoms with Crippen molar-refractivity contribution in [1.82, 2.24) is 14.6 Å². The van der Waals surface area contributed by atoms with Gasteiger partial charge in [-0.1, -0.05) is 17.7 Å². The first kappa shape index (κ1) is 24.2. The first-order valence-corrected chi connectivity index (χ1v) is 13.9. The molecule has 1 saturated heterocycles. The molecule has 1 aliphatic carbocycles. The van der Waals surface area contributed by atoms with Gasteiger partial charge in [0.15, 0.2) is 5.13 Å². The number of aromatic nitrogens is 1. The zero-order valence-corrected chi connectivity index (χ0v) is 21.1. The number of hydrogen-bond donors (Lipinski definition) is 2. The van der Waals surface area contributed by atoms with Gasteiger partial charge < -0.3 is 15.0 Å². The third kappa shape index (κ3) is 4.92. The summed E-state index contributed by atoms with van der Waals surface area (Å²) < 4.78 is 47.2. The molecule has 5 rings (SSSR count). The maximum absolute atomic E-state index is 13.8. The molecular formula is C22H23ClFN5O4S2. The molecule has 0 radical (unpaired) electrons. The largest absolute Gasteiger partial charge is 0.463 e. The Morgan fingerprint density at radius 2 is 2.17 bits per heavy atom. The van der Waals surface area contributed by atoms with E-state index in [1.807, 2.05) is 0 Å². The summed E-state index contributed by atoms with van der Waals surface area (Å²) in [5.74, 6) is -0.704. The second-order valence-corrected chi connectivity index (χ2v) is 11.7. The number of benzene rings is 1. The van der Waals surface area contributed by atoms with Crippen LogP contribution in [0.25, 0.3) is 0 Å². The van der Waals surface area contributed by atoms with E-state index in [1.165, 1.54) is 29.5 Å². The number of ether oxygens (including phenoxy) is 1. The second kappa shape index (κ2) is 9.49. The number of nitrogens with one attached hydrogen (secondary N) is 2. The van der Waals surface area contributed by atoms with Crippen molar-refractivity contribution >= 4 is 50.0 Å². The molecule has 0 spiro atoms. The molecule has 2 N–H and O–H groups in total. The van der Waals surface area contributed by atoms with Crippen LogP contribution >= 0.6 is 22.9 Å². The minimum absolute atomic E-state index is 0.118.